The van der Waals surface area contributed by atoms with Crippen molar-refractivity contribution in [2.24, 2.45) is 5.92 Å². The van der Waals surface area contributed by atoms with Crippen LogP contribution in [0.25, 0.3) is 0 Å². The number of likely N-dealkylation sites (N-methyl/N-ethyl adjacent to an activating group) is 1. The van der Waals surface area contributed by atoms with Crippen molar-refractivity contribution in [3.05, 3.63) is 51.7 Å². The minimum absolute atomic E-state index is 0.199. The number of anilines is 1. The van der Waals surface area contributed by atoms with E-state index in [0.717, 1.165) is 15.5 Å². The number of amides is 2. The number of nitrogens with zero attached hydrogens (tertiary/aromatic N) is 2. The maximum Gasteiger partial charge on any atom is 0.261 e. The molecular formula is C16H13ClN2O3S. The molecule has 2 fully saturated rings. The van der Waals surface area contributed by atoms with E-state index in [-0.39, 0.29) is 17.9 Å². The quantitative estimate of drug-likeness (QED) is 0.783. The van der Waals surface area contributed by atoms with Crippen molar-refractivity contribution in [2.45, 2.75) is 12.1 Å². The molecule has 0 bridgehead atoms. The molecule has 2 amide bonds. The van der Waals surface area contributed by atoms with Gasteiger partial charge in [-0.05, 0) is 35.7 Å². The third-order valence-corrected chi connectivity index (χ3v) is 5.45. The standard InChI is InChI=1S/C16H13ClN2O3S/c1-18-15(20)12-13(11-3-2-8-23-11)19(22-14(12)16(18)21)10-6-4-9(17)5-7-10/h2-8,12-14H,1H3/t12-,13+,14+/m0/s1. The smallest absolute Gasteiger partial charge is 0.261 e. The molecule has 118 valence electrons. The summed E-state index contributed by atoms with van der Waals surface area (Å²) >= 11 is 7.49. The van der Waals surface area contributed by atoms with Crippen LogP contribution in [0.15, 0.2) is 41.8 Å². The molecule has 0 saturated carbocycles. The first-order chi connectivity index (χ1) is 11.1. The number of hydrogen-bond acceptors (Lipinski definition) is 5. The Kier molecular flexibility index (Phi) is 3.41. The Hall–Kier alpha value is -1.89. The lowest BCUT2D eigenvalue weighted by Crippen LogP contribution is -2.34. The zero-order valence-electron chi connectivity index (χ0n) is 12.2. The lowest BCUT2D eigenvalue weighted by atomic mass is 9.95. The van der Waals surface area contributed by atoms with E-state index in [2.05, 4.69) is 0 Å². The van der Waals surface area contributed by atoms with Crippen LogP contribution in [-0.2, 0) is 14.4 Å². The molecule has 2 aliphatic heterocycles. The lowest BCUT2D eigenvalue weighted by Gasteiger charge is -2.27. The summed E-state index contributed by atoms with van der Waals surface area (Å²) in [6.45, 7) is 0. The average Bonchev–Trinajstić information content (AvgIpc) is 3.24. The topological polar surface area (TPSA) is 49.9 Å². The van der Waals surface area contributed by atoms with E-state index in [1.807, 2.05) is 29.6 Å². The SMILES string of the molecule is CN1C(=O)[C@H]2[C@@H](c3cccs3)N(c3ccc(Cl)cc3)O[C@H]2C1=O. The molecule has 2 saturated heterocycles. The van der Waals surface area contributed by atoms with Crippen LogP contribution in [0, 0.1) is 5.92 Å². The molecule has 23 heavy (non-hydrogen) atoms. The van der Waals surface area contributed by atoms with Gasteiger partial charge in [0.15, 0.2) is 6.10 Å². The maximum absolute atomic E-state index is 12.5. The number of benzene rings is 1. The van der Waals surface area contributed by atoms with E-state index in [9.17, 15) is 9.59 Å². The van der Waals surface area contributed by atoms with Gasteiger partial charge in [-0.3, -0.25) is 19.3 Å². The van der Waals surface area contributed by atoms with Gasteiger partial charge in [-0.2, -0.15) is 0 Å². The fourth-order valence-corrected chi connectivity index (χ4v) is 4.09. The molecule has 2 aliphatic rings. The largest absolute Gasteiger partial charge is 0.283 e. The Morgan fingerprint density at radius 2 is 1.87 bits per heavy atom. The molecule has 2 aromatic rings. The second-order valence-electron chi connectivity index (χ2n) is 5.55. The molecule has 4 rings (SSSR count). The number of imide groups is 1. The van der Waals surface area contributed by atoms with E-state index in [4.69, 9.17) is 16.4 Å². The highest BCUT2D eigenvalue weighted by atomic mass is 35.5. The van der Waals surface area contributed by atoms with Crippen molar-refractivity contribution in [3.63, 3.8) is 0 Å². The first-order valence-electron chi connectivity index (χ1n) is 7.14. The van der Waals surface area contributed by atoms with Gasteiger partial charge in [0.2, 0.25) is 5.91 Å². The summed E-state index contributed by atoms with van der Waals surface area (Å²) in [4.78, 5) is 32.8. The number of carbonyl (C=O) groups is 2. The fraction of sp³-hybridized carbons (Fsp3) is 0.250. The van der Waals surface area contributed by atoms with E-state index in [0.29, 0.717) is 5.02 Å². The van der Waals surface area contributed by atoms with Crippen LogP contribution in [0.5, 0.6) is 0 Å². The number of rotatable bonds is 2. The van der Waals surface area contributed by atoms with Crippen molar-refractivity contribution in [1.82, 2.24) is 4.90 Å². The van der Waals surface area contributed by atoms with Gasteiger partial charge in [-0.15, -0.1) is 11.3 Å². The Bertz CT molecular complexity index is 762. The number of halogens is 1. The molecule has 3 atom stereocenters. The number of fused-ring (bicyclic) bond motifs is 1. The highest BCUT2D eigenvalue weighted by Gasteiger charge is 2.59. The van der Waals surface area contributed by atoms with Crippen molar-refractivity contribution in [2.75, 3.05) is 12.1 Å². The van der Waals surface area contributed by atoms with Crippen LogP contribution < -0.4 is 5.06 Å². The second kappa shape index (κ2) is 5.33. The summed E-state index contributed by atoms with van der Waals surface area (Å²) in [6, 6.07) is 10.7. The molecule has 7 heteroatoms. The molecule has 0 unspecified atom stereocenters. The normalized spacial score (nSPS) is 27.0. The molecule has 3 heterocycles. The number of thiophene rings is 1. The highest BCUT2D eigenvalue weighted by molar-refractivity contribution is 7.10. The lowest BCUT2D eigenvalue weighted by molar-refractivity contribution is -0.141. The number of likely N-dealkylation sites (tertiary alicyclic amines) is 1. The number of hydrogen-bond donors (Lipinski definition) is 0. The van der Waals surface area contributed by atoms with Gasteiger partial charge in [0, 0.05) is 16.9 Å². The third kappa shape index (κ3) is 2.17. The van der Waals surface area contributed by atoms with Crippen molar-refractivity contribution in [1.29, 1.82) is 0 Å². The minimum atomic E-state index is -0.768. The maximum atomic E-state index is 12.5. The Morgan fingerprint density at radius 3 is 2.52 bits per heavy atom. The van der Waals surface area contributed by atoms with Crippen molar-refractivity contribution >= 4 is 40.4 Å². The highest BCUT2D eigenvalue weighted by Crippen LogP contribution is 2.47. The fourth-order valence-electron chi connectivity index (χ4n) is 3.11. The predicted molar refractivity (Wildman–Crippen MR) is 87.1 cm³/mol. The molecule has 0 aliphatic carbocycles. The van der Waals surface area contributed by atoms with Crippen LogP contribution in [0.2, 0.25) is 5.02 Å². The van der Waals surface area contributed by atoms with E-state index >= 15 is 0 Å². The number of hydroxylamine groups is 1. The van der Waals surface area contributed by atoms with Crippen molar-refractivity contribution < 1.29 is 14.4 Å². The predicted octanol–water partition coefficient (Wildman–Crippen LogP) is 2.88. The summed E-state index contributed by atoms with van der Waals surface area (Å²) in [6.07, 6.45) is -0.768. The molecule has 1 aromatic heterocycles. The van der Waals surface area contributed by atoms with Gasteiger partial charge in [-0.1, -0.05) is 17.7 Å². The molecule has 0 radical (unpaired) electrons. The van der Waals surface area contributed by atoms with Crippen LogP contribution >= 0.6 is 22.9 Å². The molecule has 5 nitrogen and oxygen atoms in total. The zero-order valence-corrected chi connectivity index (χ0v) is 13.8. The molecule has 0 spiro atoms. The summed E-state index contributed by atoms with van der Waals surface area (Å²) < 4.78 is 0. The first kappa shape index (κ1) is 14.7. The van der Waals surface area contributed by atoms with Crippen LogP contribution in [-0.4, -0.2) is 29.9 Å². The van der Waals surface area contributed by atoms with E-state index in [1.165, 1.54) is 7.05 Å². The van der Waals surface area contributed by atoms with Crippen LogP contribution in [0.3, 0.4) is 0 Å². The second-order valence-corrected chi connectivity index (χ2v) is 6.97. The van der Waals surface area contributed by atoms with Gasteiger partial charge in [0.05, 0.1) is 5.69 Å². The summed E-state index contributed by atoms with van der Waals surface area (Å²) in [5, 5.41) is 4.24. The average molecular weight is 349 g/mol. The van der Waals surface area contributed by atoms with Gasteiger partial charge >= 0.3 is 0 Å². The van der Waals surface area contributed by atoms with Gasteiger partial charge in [0.25, 0.3) is 5.91 Å². The van der Waals surface area contributed by atoms with Gasteiger partial charge < -0.3 is 0 Å². The summed E-state index contributed by atoms with van der Waals surface area (Å²) in [5.41, 5.74) is 0.769. The van der Waals surface area contributed by atoms with Crippen molar-refractivity contribution in [3.8, 4) is 0 Å². The zero-order chi connectivity index (χ0) is 16.1. The monoisotopic (exact) mass is 348 g/mol. The minimum Gasteiger partial charge on any atom is -0.283 e. The Labute approximate surface area is 142 Å². The molecule has 1 aromatic carbocycles. The van der Waals surface area contributed by atoms with E-state index in [1.54, 1.807) is 28.5 Å². The van der Waals surface area contributed by atoms with E-state index < -0.39 is 12.0 Å². The summed E-state index contributed by atoms with van der Waals surface area (Å²) in [5.74, 6) is -1.02. The molecular weight excluding hydrogens is 336 g/mol. The summed E-state index contributed by atoms with van der Waals surface area (Å²) in [7, 11) is 1.50. The van der Waals surface area contributed by atoms with Gasteiger partial charge in [-0.25, -0.2) is 5.06 Å². The Balaban J connectivity index is 1.79. The Morgan fingerprint density at radius 1 is 1.13 bits per heavy atom. The molecule has 0 N–H and O–H groups in total. The van der Waals surface area contributed by atoms with Crippen LogP contribution in [0.1, 0.15) is 10.9 Å². The third-order valence-electron chi connectivity index (χ3n) is 4.25. The van der Waals surface area contributed by atoms with Crippen LogP contribution in [0.4, 0.5) is 5.69 Å². The first-order valence-corrected chi connectivity index (χ1v) is 8.40. The number of carbonyl (C=O) groups excluding carboxylic acids is 2. The van der Waals surface area contributed by atoms with Gasteiger partial charge in [0.1, 0.15) is 12.0 Å².